The van der Waals surface area contributed by atoms with Crippen molar-refractivity contribution in [3.8, 4) is 28.8 Å². The molecule has 0 N–H and O–H groups in total. The standard InChI is InChI=1S/C23H23FN4O/c1-29-20-10-8-18(9-11-20)23-19(15-27-12-4-5-17(13-25)14-27)16-28(26-23)22-7-3-2-6-21(22)24/h2-3,6-11,16-17H,4-5,12,14-15H2,1H3/t17-/m1/s1. The molecule has 1 aliphatic rings. The van der Waals surface area contributed by atoms with E-state index in [1.807, 2.05) is 30.5 Å². The smallest absolute Gasteiger partial charge is 0.148 e. The predicted molar refractivity (Wildman–Crippen MR) is 109 cm³/mol. The Bertz CT molecular complexity index is 1020. The Morgan fingerprint density at radius 3 is 2.72 bits per heavy atom. The largest absolute Gasteiger partial charge is 0.497 e. The second-order valence-corrected chi connectivity index (χ2v) is 7.33. The maximum absolute atomic E-state index is 14.3. The topological polar surface area (TPSA) is 54.1 Å². The molecular formula is C23H23FN4O. The normalized spacial score (nSPS) is 17.1. The molecule has 1 fully saturated rings. The van der Waals surface area contributed by atoms with Crippen molar-refractivity contribution in [3.63, 3.8) is 0 Å². The van der Waals surface area contributed by atoms with E-state index in [1.165, 1.54) is 6.07 Å². The fraction of sp³-hybridized carbons (Fsp3) is 0.304. The molecule has 2 heterocycles. The fourth-order valence-corrected chi connectivity index (χ4v) is 3.82. The van der Waals surface area contributed by atoms with Crippen LogP contribution in [0.25, 0.3) is 16.9 Å². The SMILES string of the molecule is COc1ccc(-c2nn(-c3ccccc3F)cc2CN2CCC[C@H](C#N)C2)cc1. The van der Waals surface area contributed by atoms with Crippen molar-refractivity contribution in [2.75, 3.05) is 20.2 Å². The zero-order chi connectivity index (χ0) is 20.2. The summed E-state index contributed by atoms with van der Waals surface area (Å²) in [5.74, 6) is 0.525. The van der Waals surface area contributed by atoms with E-state index >= 15 is 0 Å². The molecule has 0 saturated carbocycles. The van der Waals surface area contributed by atoms with Gasteiger partial charge in [0.05, 0.1) is 24.8 Å². The van der Waals surface area contributed by atoms with Gasteiger partial charge in [-0.05, 0) is 55.8 Å². The van der Waals surface area contributed by atoms with Crippen molar-refractivity contribution in [3.05, 3.63) is 66.1 Å². The Balaban J connectivity index is 1.71. The van der Waals surface area contributed by atoms with Gasteiger partial charge < -0.3 is 4.74 Å². The van der Waals surface area contributed by atoms with Crippen LogP contribution in [0.15, 0.2) is 54.7 Å². The number of para-hydroxylation sites is 1. The number of benzene rings is 2. The molecule has 5 nitrogen and oxygen atoms in total. The van der Waals surface area contributed by atoms with Crippen LogP contribution in [0, 0.1) is 23.1 Å². The van der Waals surface area contributed by atoms with Gasteiger partial charge in [0.15, 0.2) is 0 Å². The summed E-state index contributed by atoms with van der Waals surface area (Å²) in [7, 11) is 1.63. The van der Waals surface area contributed by atoms with Gasteiger partial charge in [-0.25, -0.2) is 9.07 Å². The highest BCUT2D eigenvalue weighted by Gasteiger charge is 2.22. The number of nitrogens with zero attached hydrogens (tertiary/aromatic N) is 4. The van der Waals surface area contributed by atoms with Crippen molar-refractivity contribution >= 4 is 0 Å². The molecule has 0 bridgehead atoms. The third-order valence-corrected chi connectivity index (χ3v) is 5.33. The number of piperidine rings is 1. The van der Waals surface area contributed by atoms with Gasteiger partial charge in [0.2, 0.25) is 0 Å². The van der Waals surface area contributed by atoms with Gasteiger partial charge in [-0.3, -0.25) is 4.90 Å². The van der Waals surface area contributed by atoms with Crippen LogP contribution in [0.3, 0.4) is 0 Å². The molecule has 1 atom stereocenters. The van der Waals surface area contributed by atoms with Gasteiger partial charge in [0.25, 0.3) is 0 Å². The number of ether oxygens (including phenoxy) is 1. The Kier molecular flexibility index (Phi) is 5.59. The number of aromatic nitrogens is 2. The summed E-state index contributed by atoms with van der Waals surface area (Å²) in [6.07, 6.45) is 3.86. The quantitative estimate of drug-likeness (QED) is 0.647. The minimum absolute atomic E-state index is 0.0646. The summed E-state index contributed by atoms with van der Waals surface area (Å²) in [6, 6.07) is 16.7. The minimum atomic E-state index is -0.314. The minimum Gasteiger partial charge on any atom is -0.497 e. The lowest BCUT2D eigenvalue weighted by Gasteiger charge is -2.29. The number of hydrogen-bond donors (Lipinski definition) is 0. The molecule has 0 unspecified atom stereocenters. The van der Waals surface area contributed by atoms with Crippen molar-refractivity contribution in [2.24, 2.45) is 5.92 Å². The van der Waals surface area contributed by atoms with Gasteiger partial charge in [0.1, 0.15) is 17.3 Å². The zero-order valence-electron chi connectivity index (χ0n) is 16.4. The van der Waals surface area contributed by atoms with E-state index in [0.717, 1.165) is 48.5 Å². The highest BCUT2D eigenvalue weighted by molar-refractivity contribution is 5.64. The van der Waals surface area contributed by atoms with Crippen LogP contribution in [-0.4, -0.2) is 34.9 Å². The number of methoxy groups -OCH3 is 1. The van der Waals surface area contributed by atoms with E-state index in [4.69, 9.17) is 9.84 Å². The molecule has 2 aromatic carbocycles. The van der Waals surface area contributed by atoms with Crippen molar-refractivity contribution < 1.29 is 9.13 Å². The van der Waals surface area contributed by atoms with Crippen molar-refractivity contribution in [1.29, 1.82) is 5.26 Å². The molecule has 6 heteroatoms. The van der Waals surface area contributed by atoms with Gasteiger partial charge in [0, 0.05) is 30.4 Å². The second kappa shape index (κ2) is 8.46. The van der Waals surface area contributed by atoms with Crippen LogP contribution in [0.1, 0.15) is 18.4 Å². The molecule has 1 saturated heterocycles. The third-order valence-electron chi connectivity index (χ3n) is 5.33. The fourth-order valence-electron chi connectivity index (χ4n) is 3.82. The summed E-state index contributed by atoms with van der Waals surface area (Å²) in [5.41, 5.74) is 3.19. The van der Waals surface area contributed by atoms with E-state index < -0.39 is 0 Å². The number of likely N-dealkylation sites (tertiary alicyclic amines) is 1. The molecule has 0 spiro atoms. The molecule has 0 aliphatic carbocycles. The Labute approximate surface area is 169 Å². The molecule has 4 rings (SSSR count). The summed E-state index contributed by atoms with van der Waals surface area (Å²) in [4.78, 5) is 2.28. The van der Waals surface area contributed by atoms with E-state index in [0.29, 0.717) is 12.2 Å². The maximum Gasteiger partial charge on any atom is 0.148 e. The third kappa shape index (κ3) is 4.15. The van der Waals surface area contributed by atoms with Gasteiger partial charge >= 0.3 is 0 Å². The molecular weight excluding hydrogens is 367 g/mol. The van der Waals surface area contributed by atoms with Gasteiger partial charge in [-0.2, -0.15) is 10.4 Å². The van der Waals surface area contributed by atoms with Crippen LogP contribution in [-0.2, 0) is 6.54 Å². The highest BCUT2D eigenvalue weighted by Crippen LogP contribution is 2.28. The molecule has 148 valence electrons. The van der Waals surface area contributed by atoms with Crippen LogP contribution in [0.5, 0.6) is 5.75 Å². The molecule has 0 amide bonds. The van der Waals surface area contributed by atoms with Gasteiger partial charge in [-0.1, -0.05) is 12.1 Å². The molecule has 0 radical (unpaired) electrons. The first-order chi connectivity index (χ1) is 14.2. The molecule has 1 aliphatic heterocycles. The first-order valence-electron chi connectivity index (χ1n) is 9.78. The Morgan fingerprint density at radius 2 is 2.00 bits per heavy atom. The number of halogens is 1. The van der Waals surface area contributed by atoms with E-state index in [9.17, 15) is 9.65 Å². The summed E-state index contributed by atoms with van der Waals surface area (Å²) in [6.45, 7) is 2.38. The molecule has 29 heavy (non-hydrogen) atoms. The highest BCUT2D eigenvalue weighted by atomic mass is 19.1. The summed E-state index contributed by atoms with van der Waals surface area (Å²) in [5, 5.41) is 14.0. The van der Waals surface area contributed by atoms with E-state index in [2.05, 4.69) is 11.0 Å². The number of rotatable bonds is 5. The lowest BCUT2D eigenvalue weighted by molar-refractivity contribution is 0.192. The molecule has 3 aromatic rings. The lowest BCUT2D eigenvalue weighted by Crippen LogP contribution is -2.34. The molecule has 1 aromatic heterocycles. The van der Waals surface area contributed by atoms with Crippen LogP contribution < -0.4 is 4.74 Å². The number of nitriles is 1. The lowest BCUT2D eigenvalue weighted by atomic mass is 9.99. The van der Waals surface area contributed by atoms with Crippen LogP contribution in [0.2, 0.25) is 0 Å². The van der Waals surface area contributed by atoms with Crippen LogP contribution >= 0.6 is 0 Å². The summed E-state index contributed by atoms with van der Waals surface area (Å²) >= 11 is 0. The maximum atomic E-state index is 14.3. The number of hydrogen-bond acceptors (Lipinski definition) is 4. The Morgan fingerprint density at radius 1 is 1.21 bits per heavy atom. The first-order valence-corrected chi connectivity index (χ1v) is 9.78. The van der Waals surface area contributed by atoms with Crippen molar-refractivity contribution in [1.82, 2.24) is 14.7 Å². The first kappa shape index (κ1) is 19.2. The predicted octanol–water partition coefficient (Wildman–Crippen LogP) is 4.42. The average molecular weight is 390 g/mol. The van der Waals surface area contributed by atoms with E-state index in [-0.39, 0.29) is 11.7 Å². The monoisotopic (exact) mass is 390 g/mol. The summed E-state index contributed by atoms with van der Waals surface area (Å²) < 4.78 is 21.2. The van der Waals surface area contributed by atoms with Gasteiger partial charge in [-0.15, -0.1) is 0 Å². The van der Waals surface area contributed by atoms with Crippen molar-refractivity contribution in [2.45, 2.75) is 19.4 Å². The zero-order valence-corrected chi connectivity index (χ0v) is 16.4. The average Bonchev–Trinajstić information content (AvgIpc) is 3.17. The van der Waals surface area contributed by atoms with Crippen LogP contribution in [0.4, 0.5) is 4.39 Å². The Hall–Kier alpha value is -3.17. The second-order valence-electron chi connectivity index (χ2n) is 7.33. The van der Waals surface area contributed by atoms with E-state index in [1.54, 1.807) is 30.0 Å².